The second-order valence-electron chi connectivity index (χ2n) is 1.98. The van der Waals surface area contributed by atoms with Crippen LogP contribution < -0.4 is 0 Å². The fourth-order valence-corrected chi connectivity index (χ4v) is 2.86. The second kappa shape index (κ2) is 4.92. The van der Waals surface area contributed by atoms with Crippen LogP contribution in [0.1, 0.15) is 0 Å². The summed E-state index contributed by atoms with van der Waals surface area (Å²) in [5.41, 5.74) is 0. The number of hydrogen-bond donors (Lipinski definition) is 0. The van der Waals surface area contributed by atoms with Gasteiger partial charge in [-0.15, -0.1) is 0 Å². The maximum atomic E-state index is 5.65. The molecule has 0 aromatic rings. The van der Waals surface area contributed by atoms with Gasteiger partial charge in [0.25, 0.3) is 0 Å². The summed E-state index contributed by atoms with van der Waals surface area (Å²) in [5, 5.41) is 1.03. The van der Waals surface area contributed by atoms with Gasteiger partial charge in [-0.2, -0.15) is 0 Å². The van der Waals surface area contributed by atoms with Crippen LogP contribution in [-0.2, 0) is 0 Å². The Labute approximate surface area is 63.4 Å². The molecule has 0 fully saturated rings. The van der Waals surface area contributed by atoms with Gasteiger partial charge in [-0.25, -0.2) is 0 Å². The van der Waals surface area contributed by atoms with E-state index in [2.05, 4.69) is 4.90 Å². The van der Waals surface area contributed by atoms with Gasteiger partial charge in [0.15, 0.2) is 0 Å². The van der Waals surface area contributed by atoms with Crippen LogP contribution in [0.2, 0.25) is 5.25 Å². The average molecular weight is 217 g/mol. The van der Waals surface area contributed by atoms with Crippen molar-refractivity contribution in [2.45, 2.75) is 5.25 Å². The van der Waals surface area contributed by atoms with Crippen molar-refractivity contribution in [2.24, 2.45) is 0 Å². The normalized spacial score (nSPS) is 11.2. The van der Waals surface area contributed by atoms with Gasteiger partial charge in [-0.3, -0.25) is 0 Å². The zero-order valence-corrected chi connectivity index (χ0v) is 9.13. The van der Waals surface area contributed by atoms with Gasteiger partial charge in [-0.05, 0) is 0 Å². The van der Waals surface area contributed by atoms with E-state index < -0.39 is 12.5 Å². The first-order chi connectivity index (χ1) is 3.63. The summed E-state index contributed by atoms with van der Waals surface area (Å²) in [6.07, 6.45) is 0. The van der Waals surface area contributed by atoms with Crippen LogP contribution in [-0.4, -0.2) is 38.0 Å². The summed E-state index contributed by atoms with van der Waals surface area (Å²) >= 11 is -1.71. The van der Waals surface area contributed by atoms with E-state index in [0.717, 1.165) is 11.8 Å². The van der Waals surface area contributed by atoms with E-state index in [1.54, 1.807) is 0 Å². The third-order valence-electron chi connectivity index (χ3n) is 0.795. The van der Waals surface area contributed by atoms with E-state index >= 15 is 0 Å². The molecule has 0 aliphatic heterocycles. The molecule has 0 unspecified atom stereocenters. The summed E-state index contributed by atoms with van der Waals surface area (Å²) in [4.78, 5) is 2.10. The Morgan fingerprint density at radius 3 is 2.00 bits per heavy atom. The van der Waals surface area contributed by atoms with E-state index in [-0.39, 0.29) is 0 Å². The molecule has 50 valence electrons. The maximum absolute atomic E-state index is 5.65. The van der Waals surface area contributed by atoms with Crippen LogP contribution in [0.3, 0.4) is 0 Å². The van der Waals surface area contributed by atoms with Crippen molar-refractivity contribution >= 4 is 32.5 Å². The topological polar surface area (TPSA) is 3.24 Å². The predicted molar refractivity (Wildman–Crippen MR) is 42.2 cm³/mol. The van der Waals surface area contributed by atoms with Crippen molar-refractivity contribution in [1.29, 1.82) is 0 Å². The summed E-state index contributed by atoms with van der Waals surface area (Å²) in [7, 11) is 15.3. The van der Waals surface area contributed by atoms with Crippen LogP contribution in [0.25, 0.3) is 0 Å². The molecule has 0 aliphatic rings. The third-order valence-corrected chi connectivity index (χ3v) is 4.52. The minimum absolute atomic E-state index is 1.03. The molecule has 0 saturated heterocycles. The summed E-state index contributed by atoms with van der Waals surface area (Å²) in [6, 6.07) is 0. The Bertz CT molecular complexity index is 50.0. The van der Waals surface area contributed by atoms with Crippen LogP contribution in [0.4, 0.5) is 0 Å². The van der Waals surface area contributed by atoms with Crippen molar-refractivity contribution in [1.82, 2.24) is 4.90 Å². The van der Waals surface area contributed by atoms with Crippen molar-refractivity contribution in [3.8, 4) is 0 Å². The van der Waals surface area contributed by atoms with E-state index in [1.165, 1.54) is 0 Å². The predicted octanol–water partition coefficient (Wildman–Crippen LogP) is 1.25. The first kappa shape index (κ1) is 9.08. The second-order valence-corrected chi connectivity index (χ2v) is 11.5. The molecule has 0 bridgehead atoms. The molecule has 8 heavy (non-hydrogen) atoms. The van der Waals surface area contributed by atoms with Crippen molar-refractivity contribution in [3.63, 3.8) is 0 Å². The van der Waals surface area contributed by atoms with Crippen LogP contribution in [0.5, 0.6) is 0 Å². The van der Waals surface area contributed by atoms with Gasteiger partial charge in [0.1, 0.15) is 0 Å². The molecule has 0 aliphatic carbocycles. The van der Waals surface area contributed by atoms with E-state index in [0.29, 0.717) is 0 Å². The van der Waals surface area contributed by atoms with Crippen LogP contribution >= 0.6 is 20.0 Å². The van der Waals surface area contributed by atoms with E-state index in [9.17, 15) is 0 Å². The number of rotatable bonds is 3. The van der Waals surface area contributed by atoms with Crippen molar-refractivity contribution in [3.05, 3.63) is 0 Å². The molecule has 0 aromatic carbocycles. The Morgan fingerprint density at radius 1 is 1.38 bits per heavy atom. The standard InChI is InChI=1S/C4H11Cl2GeN/c1-8(2)4-3-7(5)6/h7H,3-4H2,1-2H3. The number of nitrogens with zero attached hydrogens (tertiary/aromatic N) is 1. The van der Waals surface area contributed by atoms with Gasteiger partial charge in [0.2, 0.25) is 0 Å². The van der Waals surface area contributed by atoms with E-state index in [1.807, 2.05) is 14.1 Å². The van der Waals surface area contributed by atoms with Crippen molar-refractivity contribution < 1.29 is 0 Å². The Hall–Kier alpha value is 1.08. The van der Waals surface area contributed by atoms with Gasteiger partial charge in [0.05, 0.1) is 0 Å². The first-order valence-corrected chi connectivity index (χ1v) is 10.6. The van der Waals surface area contributed by atoms with E-state index in [4.69, 9.17) is 20.0 Å². The van der Waals surface area contributed by atoms with Crippen LogP contribution in [0, 0.1) is 0 Å². The van der Waals surface area contributed by atoms with Gasteiger partial charge >= 0.3 is 63.3 Å². The number of hydrogen-bond acceptors (Lipinski definition) is 1. The molecule has 0 atom stereocenters. The number of halogens is 2. The fourth-order valence-electron chi connectivity index (χ4n) is 0.356. The molecular weight excluding hydrogens is 206 g/mol. The minimum atomic E-state index is -1.71. The zero-order chi connectivity index (χ0) is 6.57. The SMILES string of the molecule is CN(C)C[CH2][GeH]([Cl])[Cl]. The quantitative estimate of drug-likeness (QED) is 0.642. The first-order valence-electron chi connectivity index (χ1n) is 2.56. The molecule has 0 amide bonds. The summed E-state index contributed by atoms with van der Waals surface area (Å²) < 4.78 is 0. The molecule has 0 N–H and O–H groups in total. The Balaban J connectivity index is 2.93. The monoisotopic (exact) mass is 217 g/mol. The molecule has 0 saturated carbocycles. The molecule has 0 heterocycles. The van der Waals surface area contributed by atoms with Crippen LogP contribution in [0.15, 0.2) is 0 Å². The molecule has 0 radical (unpaired) electrons. The molecule has 0 aromatic heterocycles. The summed E-state index contributed by atoms with van der Waals surface area (Å²) in [5.74, 6) is 0. The Kier molecular flexibility index (Phi) is 5.58. The van der Waals surface area contributed by atoms with Gasteiger partial charge < -0.3 is 0 Å². The molecule has 0 spiro atoms. The van der Waals surface area contributed by atoms with Gasteiger partial charge in [0, 0.05) is 0 Å². The van der Waals surface area contributed by atoms with Crippen molar-refractivity contribution in [2.75, 3.05) is 20.6 Å². The van der Waals surface area contributed by atoms with Gasteiger partial charge in [-0.1, -0.05) is 0 Å². The molecular formula is C4H11Cl2GeN. The molecule has 4 heteroatoms. The molecule has 0 rings (SSSR count). The molecule has 1 nitrogen and oxygen atoms in total. The average Bonchev–Trinajstić information content (AvgIpc) is 1.61. The Morgan fingerprint density at radius 2 is 1.88 bits per heavy atom. The summed E-state index contributed by atoms with van der Waals surface area (Å²) in [6.45, 7) is 1.04. The fraction of sp³-hybridized carbons (Fsp3) is 1.00. The zero-order valence-electron chi connectivity index (χ0n) is 5.19. The third kappa shape index (κ3) is 7.08.